The van der Waals surface area contributed by atoms with Crippen molar-refractivity contribution < 1.29 is 13.2 Å². The van der Waals surface area contributed by atoms with Gasteiger partial charge in [0.2, 0.25) is 15.9 Å². The molecule has 2 aromatic rings. The molecule has 1 aromatic heterocycles. The number of sulfonamides is 1. The predicted octanol–water partition coefficient (Wildman–Crippen LogP) is 1.06. The SMILES string of the molecule is Cc1ccc(S(=O)(=O)N2CCN(C(=O)[C@@H](C)Cn3cncn3)CC2)cc1C. The fourth-order valence-electron chi connectivity index (χ4n) is 3.17. The number of piperazine rings is 1. The van der Waals surface area contributed by atoms with Gasteiger partial charge in [-0.05, 0) is 37.1 Å². The number of carbonyl (C=O) groups excluding carboxylic acids is 1. The molecule has 1 amide bonds. The Morgan fingerprint density at radius 3 is 2.44 bits per heavy atom. The molecule has 146 valence electrons. The van der Waals surface area contributed by atoms with Crippen LogP contribution in [0.25, 0.3) is 0 Å². The topological polar surface area (TPSA) is 88.4 Å². The number of aryl methyl sites for hydroxylation is 2. The van der Waals surface area contributed by atoms with Gasteiger partial charge < -0.3 is 4.90 Å². The average Bonchev–Trinajstić information content (AvgIpc) is 3.16. The average molecular weight is 391 g/mol. The second kappa shape index (κ2) is 7.77. The van der Waals surface area contributed by atoms with Crippen LogP contribution in [-0.4, -0.2) is 64.5 Å². The third-order valence-electron chi connectivity index (χ3n) is 5.02. The Labute approximate surface area is 159 Å². The van der Waals surface area contributed by atoms with E-state index in [-0.39, 0.29) is 11.8 Å². The number of aromatic nitrogens is 3. The Morgan fingerprint density at radius 2 is 1.85 bits per heavy atom. The third-order valence-corrected chi connectivity index (χ3v) is 6.91. The molecule has 0 saturated carbocycles. The number of rotatable bonds is 5. The molecule has 0 aliphatic carbocycles. The first-order valence-electron chi connectivity index (χ1n) is 8.97. The molecule has 1 fully saturated rings. The Bertz CT molecular complexity index is 903. The van der Waals surface area contributed by atoms with Crippen molar-refractivity contribution in [3.05, 3.63) is 42.0 Å². The predicted molar refractivity (Wildman–Crippen MR) is 100 cm³/mol. The van der Waals surface area contributed by atoms with Crippen LogP contribution in [0.1, 0.15) is 18.1 Å². The molecule has 1 atom stereocenters. The highest BCUT2D eigenvalue weighted by molar-refractivity contribution is 7.89. The molecule has 0 bridgehead atoms. The first-order valence-corrected chi connectivity index (χ1v) is 10.4. The van der Waals surface area contributed by atoms with Gasteiger partial charge in [-0.1, -0.05) is 13.0 Å². The van der Waals surface area contributed by atoms with E-state index in [1.165, 1.54) is 10.6 Å². The number of nitrogens with zero attached hydrogens (tertiary/aromatic N) is 5. The highest BCUT2D eigenvalue weighted by Gasteiger charge is 2.31. The van der Waals surface area contributed by atoms with E-state index in [1.54, 1.807) is 28.0 Å². The summed E-state index contributed by atoms with van der Waals surface area (Å²) in [4.78, 5) is 18.5. The van der Waals surface area contributed by atoms with Crippen molar-refractivity contribution in [1.82, 2.24) is 24.0 Å². The van der Waals surface area contributed by atoms with Crippen LogP contribution in [0, 0.1) is 19.8 Å². The summed E-state index contributed by atoms with van der Waals surface area (Å²) in [6.45, 7) is 7.56. The lowest BCUT2D eigenvalue weighted by molar-refractivity contribution is -0.136. The van der Waals surface area contributed by atoms with Crippen LogP contribution in [0.3, 0.4) is 0 Å². The Morgan fingerprint density at radius 1 is 1.15 bits per heavy atom. The molecular formula is C18H25N5O3S. The van der Waals surface area contributed by atoms with Gasteiger partial charge in [-0.15, -0.1) is 0 Å². The molecule has 1 aromatic carbocycles. The van der Waals surface area contributed by atoms with Crippen molar-refractivity contribution in [2.75, 3.05) is 26.2 Å². The molecule has 0 spiro atoms. The van der Waals surface area contributed by atoms with Crippen molar-refractivity contribution in [2.45, 2.75) is 32.2 Å². The third kappa shape index (κ3) is 4.19. The largest absolute Gasteiger partial charge is 0.340 e. The minimum absolute atomic E-state index is 0.00808. The van der Waals surface area contributed by atoms with Gasteiger partial charge in [0.1, 0.15) is 12.7 Å². The monoisotopic (exact) mass is 391 g/mol. The van der Waals surface area contributed by atoms with Crippen molar-refractivity contribution >= 4 is 15.9 Å². The highest BCUT2D eigenvalue weighted by atomic mass is 32.2. The van der Waals surface area contributed by atoms with Crippen LogP contribution in [-0.2, 0) is 21.4 Å². The molecule has 3 rings (SSSR count). The van der Waals surface area contributed by atoms with Gasteiger partial charge in [0, 0.05) is 26.2 Å². The van der Waals surface area contributed by atoms with Gasteiger partial charge in [0.15, 0.2) is 0 Å². The summed E-state index contributed by atoms with van der Waals surface area (Å²) >= 11 is 0. The smallest absolute Gasteiger partial charge is 0.243 e. The lowest BCUT2D eigenvalue weighted by Crippen LogP contribution is -2.52. The zero-order valence-electron chi connectivity index (χ0n) is 15.9. The molecule has 27 heavy (non-hydrogen) atoms. The number of benzene rings is 1. The minimum atomic E-state index is -3.54. The van der Waals surface area contributed by atoms with Crippen LogP contribution in [0.4, 0.5) is 0 Å². The quantitative estimate of drug-likeness (QED) is 0.761. The molecule has 1 saturated heterocycles. The Hall–Kier alpha value is -2.26. The maximum Gasteiger partial charge on any atom is 0.243 e. The van der Waals surface area contributed by atoms with Crippen molar-refractivity contribution in [1.29, 1.82) is 0 Å². The second-order valence-electron chi connectivity index (χ2n) is 6.99. The van der Waals surface area contributed by atoms with Crippen LogP contribution in [0.15, 0.2) is 35.7 Å². The van der Waals surface area contributed by atoms with Crippen LogP contribution in [0.5, 0.6) is 0 Å². The fourth-order valence-corrected chi connectivity index (χ4v) is 4.68. The van der Waals surface area contributed by atoms with E-state index in [2.05, 4.69) is 10.1 Å². The molecule has 0 N–H and O–H groups in total. The van der Waals surface area contributed by atoms with E-state index in [1.807, 2.05) is 26.8 Å². The molecule has 0 unspecified atom stereocenters. The van der Waals surface area contributed by atoms with Gasteiger partial charge >= 0.3 is 0 Å². The summed E-state index contributed by atoms with van der Waals surface area (Å²) in [5.74, 6) is -0.233. The maximum absolute atomic E-state index is 12.9. The molecule has 1 aliphatic heterocycles. The van der Waals surface area contributed by atoms with E-state index in [0.29, 0.717) is 37.6 Å². The van der Waals surface area contributed by atoms with E-state index in [4.69, 9.17) is 0 Å². The second-order valence-corrected chi connectivity index (χ2v) is 8.93. The minimum Gasteiger partial charge on any atom is -0.340 e. The summed E-state index contributed by atoms with van der Waals surface area (Å²) < 4.78 is 28.8. The van der Waals surface area contributed by atoms with Gasteiger partial charge in [0.05, 0.1) is 17.4 Å². The number of amides is 1. The molecule has 0 radical (unpaired) electrons. The lowest BCUT2D eigenvalue weighted by atomic mass is 10.1. The number of carbonyl (C=O) groups is 1. The van der Waals surface area contributed by atoms with E-state index in [9.17, 15) is 13.2 Å². The molecule has 2 heterocycles. The summed E-state index contributed by atoms with van der Waals surface area (Å²) in [7, 11) is -3.54. The van der Waals surface area contributed by atoms with E-state index < -0.39 is 10.0 Å². The summed E-state index contributed by atoms with van der Waals surface area (Å²) in [5, 5.41) is 4.02. The summed E-state index contributed by atoms with van der Waals surface area (Å²) in [5.41, 5.74) is 2.01. The van der Waals surface area contributed by atoms with Gasteiger partial charge in [-0.25, -0.2) is 13.4 Å². The van der Waals surface area contributed by atoms with Crippen molar-refractivity contribution in [3.63, 3.8) is 0 Å². The first kappa shape index (κ1) is 19.5. The van der Waals surface area contributed by atoms with Gasteiger partial charge in [-0.3, -0.25) is 9.48 Å². The lowest BCUT2D eigenvalue weighted by Gasteiger charge is -2.35. The van der Waals surface area contributed by atoms with Gasteiger partial charge in [0.25, 0.3) is 0 Å². The zero-order chi connectivity index (χ0) is 19.6. The molecule has 1 aliphatic rings. The normalized spacial score (nSPS) is 17.1. The summed E-state index contributed by atoms with van der Waals surface area (Å²) in [6.07, 6.45) is 3.02. The van der Waals surface area contributed by atoms with Crippen LogP contribution < -0.4 is 0 Å². The maximum atomic E-state index is 12.9. The van der Waals surface area contributed by atoms with E-state index >= 15 is 0 Å². The standard InChI is InChI=1S/C18H25N5O3S/c1-14-4-5-17(10-15(14)2)27(25,26)23-8-6-21(7-9-23)18(24)16(3)11-22-13-19-12-20-22/h4-5,10,12-13,16H,6-9,11H2,1-3H3/t16-/m0/s1. The van der Waals surface area contributed by atoms with Crippen molar-refractivity contribution in [3.8, 4) is 0 Å². The fraction of sp³-hybridized carbons (Fsp3) is 0.500. The van der Waals surface area contributed by atoms with Crippen molar-refractivity contribution in [2.24, 2.45) is 5.92 Å². The van der Waals surface area contributed by atoms with E-state index in [0.717, 1.165) is 11.1 Å². The number of hydrogen-bond donors (Lipinski definition) is 0. The molecular weight excluding hydrogens is 366 g/mol. The van der Waals surface area contributed by atoms with Gasteiger partial charge in [-0.2, -0.15) is 9.40 Å². The number of hydrogen-bond acceptors (Lipinski definition) is 5. The highest BCUT2D eigenvalue weighted by Crippen LogP contribution is 2.21. The van der Waals surface area contributed by atoms with Crippen LogP contribution in [0.2, 0.25) is 0 Å². The zero-order valence-corrected chi connectivity index (χ0v) is 16.7. The first-order chi connectivity index (χ1) is 12.8. The summed E-state index contributed by atoms with van der Waals surface area (Å²) in [6, 6.07) is 5.19. The van der Waals surface area contributed by atoms with Crippen LogP contribution >= 0.6 is 0 Å². The molecule has 8 nitrogen and oxygen atoms in total. The Balaban J connectivity index is 1.62. The Kier molecular flexibility index (Phi) is 5.61. The molecule has 9 heteroatoms.